The van der Waals surface area contributed by atoms with Gasteiger partial charge in [-0.05, 0) is 44.5 Å². The van der Waals surface area contributed by atoms with Crippen molar-refractivity contribution in [3.63, 3.8) is 0 Å². The average Bonchev–Trinajstić information content (AvgIpc) is 3.02. The molecule has 6 aromatic rings. The lowest BCUT2D eigenvalue weighted by atomic mass is 9.85. The SMILES string of the molecule is c1ccc(C(=C(c2ccccc2)c2ccc(-c3ccc(-c4ncncn4)cc3)cc2)c2ccccc2)cc1. The third-order valence-corrected chi connectivity index (χ3v) is 6.58. The van der Waals surface area contributed by atoms with E-state index in [9.17, 15) is 0 Å². The zero-order valence-electron chi connectivity index (χ0n) is 20.8. The lowest BCUT2D eigenvalue weighted by Gasteiger charge is -2.18. The Morgan fingerprint density at radius 3 is 1.11 bits per heavy atom. The van der Waals surface area contributed by atoms with E-state index in [4.69, 9.17) is 0 Å². The van der Waals surface area contributed by atoms with Crippen molar-refractivity contribution in [1.82, 2.24) is 15.0 Å². The number of hydrogen-bond donors (Lipinski definition) is 0. The minimum Gasteiger partial charge on any atom is -0.225 e. The van der Waals surface area contributed by atoms with Gasteiger partial charge in [0.1, 0.15) is 12.7 Å². The van der Waals surface area contributed by atoms with Crippen LogP contribution >= 0.6 is 0 Å². The molecule has 0 aliphatic carbocycles. The normalized spacial score (nSPS) is 10.6. The van der Waals surface area contributed by atoms with Gasteiger partial charge in [0.25, 0.3) is 0 Å². The maximum Gasteiger partial charge on any atom is 0.162 e. The molecule has 0 atom stereocenters. The number of benzene rings is 5. The van der Waals surface area contributed by atoms with Crippen LogP contribution in [0.3, 0.4) is 0 Å². The molecule has 6 rings (SSSR count). The van der Waals surface area contributed by atoms with Crippen molar-refractivity contribution in [2.24, 2.45) is 0 Å². The van der Waals surface area contributed by atoms with E-state index in [1.165, 1.54) is 46.1 Å². The molecule has 0 bridgehead atoms. The average molecular weight is 488 g/mol. The smallest absolute Gasteiger partial charge is 0.162 e. The maximum absolute atomic E-state index is 4.25. The highest BCUT2D eigenvalue weighted by atomic mass is 15.0. The molecule has 1 heterocycles. The van der Waals surface area contributed by atoms with E-state index < -0.39 is 0 Å². The van der Waals surface area contributed by atoms with Crippen molar-refractivity contribution in [2.45, 2.75) is 0 Å². The van der Waals surface area contributed by atoms with Crippen LogP contribution in [-0.2, 0) is 0 Å². The Hall–Kier alpha value is -5.15. The molecule has 0 N–H and O–H groups in total. The van der Waals surface area contributed by atoms with E-state index in [1.807, 2.05) is 0 Å². The molecule has 3 heteroatoms. The van der Waals surface area contributed by atoms with Gasteiger partial charge in [-0.15, -0.1) is 0 Å². The molecule has 38 heavy (non-hydrogen) atoms. The second kappa shape index (κ2) is 10.9. The summed E-state index contributed by atoms with van der Waals surface area (Å²) in [5.74, 6) is 0.675. The Balaban J connectivity index is 1.46. The van der Waals surface area contributed by atoms with Crippen LogP contribution in [0.15, 0.2) is 152 Å². The molecule has 0 saturated heterocycles. The summed E-state index contributed by atoms with van der Waals surface area (Å²) in [4.78, 5) is 12.4. The topological polar surface area (TPSA) is 38.7 Å². The molecule has 0 radical (unpaired) electrons. The van der Waals surface area contributed by atoms with Gasteiger partial charge in [0.15, 0.2) is 5.82 Å². The van der Waals surface area contributed by atoms with Gasteiger partial charge in [0.2, 0.25) is 0 Å². The van der Waals surface area contributed by atoms with E-state index in [2.05, 4.69) is 154 Å². The van der Waals surface area contributed by atoms with E-state index in [-0.39, 0.29) is 0 Å². The zero-order chi connectivity index (χ0) is 25.6. The van der Waals surface area contributed by atoms with Crippen molar-refractivity contribution in [3.05, 3.63) is 174 Å². The predicted octanol–water partition coefficient (Wildman–Crippen LogP) is 8.21. The summed E-state index contributed by atoms with van der Waals surface area (Å²) < 4.78 is 0. The van der Waals surface area contributed by atoms with Crippen molar-refractivity contribution in [1.29, 1.82) is 0 Å². The fourth-order valence-electron chi connectivity index (χ4n) is 4.75. The lowest BCUT2D eigenvalue weighted by Crippen LogP contribution is -1.97. The first-order valence-corrected chi connectivity index (χ1v) is 12.6. The van der Waals surface area contributed by atoms with Gasteiger partial charge >= 0.3 is 0 Å². The summed E-state index contributed by atoms with van der Waals surface area (Å²) in [6.45, 7) is 0. The highest BCUT2D eigenvalue weighted by molar-refractivity contribution is 6.04. The van der Waals surface area contributed by atoms with E-state index in [1.54, 1.807) is 0 Å². The van der Waals surface area contributed by atoms with Crippen LogP contribution in [0.2, 0.25) is 0 Å². The number of aromatic nitrogens is 3. The molecule has 0 unspecified atom stereocenters. The highest BCUT2D eigenvalue weighted by Gasteiger charge is 2.16. The molecule has 0 saturated carbocycles. The molecule has 180 valence electrons. The largest absolute Gasteiger partial charge is 0.225 e. The van der Waals surface area contributed by atoms with Crippen molar-refractivity contribution in [2.75, 3.05) is 0 Å². The molecular formula is C35H25N3. The Bertz CT molecular complexity index is 1600. The summed E-state index contributed by atoms with van der Waals surface area (Å²) in [6, 6.07) is 49.1. The van der Waals surface area contributed by atoms with Crippen molar-refractivity contribution < 1.29 is 0 Å². The predicted molar refractivity (Wildman–Crippen MR) is 155 cm³/mol. The minimum absolute atomic E-state index is 0.675. The Morgan fingerprint density at radius 2 is 0.684 bits per heavy atom. The zero-order valence-corrected chi connectivity index (χ0v) is 20.8. The van der Waals surface area contributed by atoms with E-state index >= 15 is 0 Å². The summed E-state index contributed by atoms with van der Waals surface area (Å²) in [5, 5.41) is 0. The van der Waals surface area contributed by atoms with E-state index in [0.717, 1.165) is 16.7 Å². The standard InChI is InChI=1S/C35H25N3/c1-4-10-28(11-5-1)33(29-12-6-2-7-13-29)34(30-14-8-3-9-15-30)31-20-16-26(17-21-31)27-18-22-32(23-19-27)35-37-24-36-25-38-35/h1-25H. The van der Waals surface area contributed by atoms with Gasteiger partial charge in [-0.1, -0.05) is 140 Å². The maximum atomic E-state index is 4.25. The first kappa shape index (κ1) is 23.3. The second-order valence-electron chi connectivity index (χ2n) is 8.96. The Labute approximate surface area is 222 Å². The molecule has 0 amide bonds. The number of rotatable bonds is 6. The summed E-state index contributed by atoms with van der Waals surface area (Å²) in [5.41, 5.74) is 10.4. The van der Waals surface area contributed by atoms with Crippen LogP contribution in [0.4, 0.5) is 0 Å². The lowest BCUT2D eigenvalue weighted by molar-refractivity contribution is 1.06. The monoisotopic (exact) mass is 487 g/mol. The molecule has 3 nitrogen and oxygen atoms in total. The third kappa shape index (κ3) is 4.91. The van der Waals surface area contributed by atoms with E-state index in [0.29, 0.717) is 5.82 Å². The van der Waals surface area contributed by atoms with Crippen LogP contribution in [0.5, 0.6) is 0 Å². The highest BCUT2D eigenvalue weighted by Crippen LogP contribution is 2.37. The third-order valence-electron chi connectivity index (χ3n) is 6.58. The first-order chi connectivity index (χ1) is 18.9. The Kier molecular flexibility index (Phi) is 6.64. The molecule has 0 fully saturated rings. The second-order valence-corrected chi connectivity index (χ2v) is 8.96. The van der Waals surface area contributed by atoms with Gasteiger partial charge in [-0.3, -0.25) is 0 Å². The van der Waals surface area contributed by atoms with Crippen LogP contribution in [0.25, 0.3) is 33.7 Å². The molecule has 0 aliphatic rings. The van der Waals surface area contributed by atoms with Crippen LogP contribution in [-0.4, -0.2) is 15.0 Å². The van der Waals surface area contributed by atoms with Crippen LogP contribution in [0.1, 0.15) is 22.3 Å². The van der Waals surface area contributed by atoms with Gasteiger partial charge in [-0.25, -0.2) is 15.0 Å². The van der Waals surface area contributed by atoms with Gasteiger partial charge in [-0.2, -0.15) is 0 Å². The molecule has 1 aromatic heterocycles. The van der Waals surface area contributed by atoms with Gasteiger partial charge < -0.3 is 0 Å². The molecular weight excluding hydrogens is 462 g/mol. The number of nitrogens with zero attached hydrogens (tertiary/aromatic N) is 3. The molecule has 5 aromatic carbocycles. The number of hydrogen-bond acceptors (Lipinski definition) is 3. The summed E-state index contributed by atoms with van der Waals surface area (Å²) >= 11 is 0. The summed E-state index contributed by atoms with van der Waals surface area (Å²) in [6.07, 6.45) is 3.04. The molecule has 0 spiro atoms. The first-order valence-electron chi connectivity index (χ1n) is 12.6. The Morgan fingerprint density at radius 1 is 0.342 bits per heavy atom. The molecule has 0 aliphatic heterocycles. The fraction of sp³-hybridized carbons (Fsp3) is 0. The van der Waals surface area contributed by atoms with Gasteiger partial charge in [0, 0.05) is 5.56 Å². The van der Waals surface area contributed by atoms with Crippen molar-refractivity contribution in [3.8, 4) is 22.5 Å². The quantitative estimate of drug-likeness (QED) is 0.222. The van der Waals surface area contributed by atoms with Crippen LogP contribution in [0, 0.1) is 0 Å². The van der Waals surface area contributed by atoms with Crippen LogP contribution < -0.4 is 0 Å². The minimum atomic E-state index is 0.675. The fourth-order valence-corrected chi connectivity index (χ4v) is 4.75. The summed E-state index contributed by atoms with van der Waals surface area (Å²) in [7, 11) is 0. The van der Waals surface area contributed by atoms with Gasteiger partial charge in [0.05, 0.1) is 0 Å². The van der Waals surface area contributed by atoms with Crippen molar-refractivity contribution >= 4 is 11.1 Å².